The molecule has 3 rings (SSSR count). The molecule has 152 valence electrons. The minimum Gasteiger partial charge on any atom is -0.322 e. The highest BCUT2D eigenvalue weighted by atomic mass is 32.2. The molecule has 0 aliphatic rings. The maximum absolute atomic E-state index is 12.3. The molecule has 1 heterocycles. The third-order valence-electron chi connectivity index (χ3n) is 3.74. The molecular formula is C18H17N3O5S3. The lowest BCUT2D eigenvalue weighted by Crippen LogP contribution is -2.15. The third kappa shape index (κ3) is 5.87. The van der Waals surface area contributed by atoms with Gasteiger partial charge in [-0.2, -0.15) is 0 Å². The molecule has 0 atom stereocenters. The number of sulfonamides is 2. The molecular weight excluding hydrogens is 434 g/mol. The van der Waals surface area contributed by atoms with Crippen LogP contribution in [0.4, 0.5) is 11.4 Å². The highest BCUT2D eigenvalue weighted by molar-refractivity contribution is 7.94. The average Bonchev–Trinajstić information content (AvgIpc) is 3.18. The van der Waals surface area contributed by atoms with E-state index in [1.54, 1.807) is 35.7 Å². The zero-order chi connectivity index (χ0) is 21.1. The first-order valence-corrected chi connectivity index (χ1v) is 12.3. The summed E-state index contributed by atoms with van der Waals surface area (Å²) in [5, 5.41) is 9.35. The number of carbonyl (C=O) groups is 1. The highest BCUT2D eigenvalue weighted by Gasteiger charge is 2.15. The van der Waals surface area contributed by atoms with Gasteiger partial charge in [-0.25, -0.2) is 22.0 Å². The number of benzene rings is 2. The Bertz CT molecular complexity index is 1200. The topological polar surface area (TPSA) is 135 Å². The van der Waals surface area contributed by atoms with Crippen LogP contribution in [-0.4, -0.2) is 22.7 Å². The van der Waals surface area contributed by atoms with Crippen LogP contribution in [0.1, 0.15) is 15.9 Å². The molecule has 29 heavy (non-hydrogen) atoms. The van der Waals surface area contributed by atoms with Crippen LogP contribution in [0, 0.1) is 0 Å². The number of thiophene rings is 1. The van der Waals surface area contributed by atoms with E-state index >= 15 is 0 Å². The van der Waals surface area contributed by atoms with Gasteiger partial charge >= 0.3 is 0 Å². The normalized spacial score (nSPS) is 11.8. The summed E-state index contributed by atoms with van der Waals surface area (Å²) in [5.41, 5.74) is 1.66. The van der Waals surface area contributed by atoms with Crippen LogP contribution in [-0.2, 0) is 25.8 Å². The number of carbonyl (C=O) groups excluding carboxylic acids is 1. The van der Waals surface area contributed by atoms with Crippen LogP contribution in [0.25, 0.3) is 0 Å². The largest absolute Gasteiger partial charge is 0.322 e. The summed E-state index contributed by atoms with van der Waals surface area (Å²) in [6.07, 6.45) is 0. The Morgan fingerprint density at radius 2 is 1.52 bits per heavy atom. The zero-order valence-electron chi connectivity index (χ0n) is 14.9. The molecule has 1 amide bonds. The second kappa shape index (κ2) is 8.33. The molecule has 0 spiro atoms. The minimum absolute atomic E-state index is 0.199. The van der Waals surface area contributed by atoms with Crippen molar-refractivity contribution >= 4 is 48.7 Å². The van der Waals surface area contributed by atoms with Gasteiger partial charge in [-0.3, -0.25) is 9.52 Å². The Kier molecular flexibility index (Phi) is 6.03. The third-order valence-corrected chi connectivity index (χ3v) is 7.25. The van der Waals surface area contributed by atoms with Gasteiger partial charge in [0.25, 0.3) is 15.9 Å². The van der Waals surface area contributed by atoms with Crippen molar-refractivity contribution in [3.05, 3.63) is 77.2 Å². The summed E-state index contributed by atoms with van der Waals surface area (Å²) in [5.74, 6) is -0.679. The van der Waals surface area contributed by atoms with Crippen molar-refractivity contribution < 1.29 is 21.6 Å². The van der Waals surface area contributed by atoms with Crippen molar-refractivity contribution in [2.45, 2.75) is 9.96 Å². The van der Waals surface area contributed by atoms with Crippen molar-refractivity contribution in [2.24, 2.45) is 5.14 Å². The highest BCUT2D eigenvalue weighted by Crippen LogP contribution is 2.21. The lowest BCUT2D eigenvalue weighted by Gasteiger charge is -2.09. The van der Waals surface area contributed by atoms with E-state index in [9.17, 15) is 21.6 Å². The Hall–Kier alpha value is -2.73. The molecule has 0 radical (unpaired) electrons. The van der Waals surface area contributed by atoms with Crippen LogP contribution in [0.15, 0.2) is 70.3 Å². The van der Waals surface area contributed by atoms with E-state index in [1.165, 1.54) is 30.3 Å². The molecule has 0 fully saturated rings. The first-order valence-electron chi connectivity index (χ1n) is 8.19. The van der Waals surface area contributed by atoms with Crippen molar-refractivity contribution in [1.29, 1.82) is 0 Å². The summed E-state index contributed by atoms with van der Waals surface area (Å²) < 4.78 is 49.3. The van der Waals surface area contributed by atoms with Crippen LogP contribution in [0.5, 0.6) is 0 Å². The van der Waals surface area contributed by atoms with E-state index in [4.69, 9.17) is 5.14 Å². The van der Waals surface area contributed by atoms with Crippen LogP contribution < -0.4 is 15.2 Å². The van der Waals surface area contributed by atoms with Gasteiger partial charge in [0.1, 0.15) is 4.21 Å². The molecule has 0 bridgehead atoms. The van der Waals surface area contributed by atoms with Gasteiger partial charge in [0.15, 0.2) is 0 Å². The van der Waals surface area contributed by atoms with Gasteiger partial charge < -0.3 is 5.32 Å². The van der Waals surface area contributed by atoms with E-state index in [-0.39, 0.29) is 9.96 Å². The second-order valence-electron chi connectivity index (χ2n) is 6.07. The fraction of sp³-hybridized carbons (Fsp3) is 0.0556. The Labute approximate surface area is 172 Å². The number of primary sulfonamides is 1. The van der Waals surface area contributed by atoms with Crippen molar-refractivity contribution in [3.63, 3.8) is 0 Å². The van der Waals surface area contributed by atoms with Gasteiger partial charge in [0.05, 0.1) is 5.75 Å². The molecule has 0 aliphatic heterocycles. The quantitative estimate of drug-likeness (QED) is 0.507. The molecule has 0 aliphatic carbocycles. The Morgan fingerprint density at radius 3 is 2.07 bits per heavy atom. The Balaban J connectivity index is 1.65. The molecule has 2 aromatic carbocycles. The van der Waals surface area contributed by atoms with E-state index in [0.29, 0.717) is 22.5 Å². The summed E-state index contributed by atoms with van der Waals surface area (Å²) in [7, 11) is -7.28. The summed E-state index contributed by atoms with van der Waals surface area (Å²) in [6, 6.07) is 15.4. The number of hydrogen-bond acceptors (Lipinski definition) is 6. The van der Waals surface area contributed by atoms with E-state index in [0.717, 1.165) is 11.3 Å². The summed E-state index contributed by atoms with van der Waals surface area (Å²) >= 11 is 1.11. The molecule has 0 saturated heterocycles. The summed E-state index contributed by atoms with van der Waals surface area (Å²) in [4.78, 5) is 12.3. The van der Waals surface area contributed by atoms with Crippen LogP contribution in [0.2, 0.25) is 0 Å². The average molecular weight is 452 g/mol. The van der Waals surface area contributed by atoms with Gasteiger partial charge in [-0.05, 0) is 53.4 Å². The molecule has 8 nitrogen and oxygen atoms in total. The second-order valence-corrected chi connectivity index (χ2v) is 10.5. The lowest BCUT2D eigenvalue weighted by atomic mass is 10.2. The number of nitrogens with two attached hydrogens (primary N) is 1. The Morgan fingerprint density at radius 1 is 0.897 bits per heavy atom. The van der Waals surface area contributed by atoms with Crippen LogP contribution >= 0.6 is 11.3 Å². The maximum Gasteiger partial charge on any atom is 0.271 e. The monoisotopic (exact) mass is 451 g/mol. The van der Waals surface area contributed by atoms with Crippen molar-refractivity contribution in [2.75, 3.05) is 10.0 Å². The molecule has 11 heteroatoms. The van der Waals surface area contributed by atoms with Crippen LogP contribution in [0.3, 0.4) is 0 Å². The number of amides is 1. The fourth-order valence-corrected chi connectivity index (χ4v) is 5.14. The fourth-order valence-electron chi connectivity index (χ4n) is 2.43. The smallest absolute Gasteiger partial charge is 0.271 e. The number of hydrogen-bond donors (Lipinski definition) is 3. The maximum atomic E-state index is 12.3. The molecule has 0 unspecified atom stereocenters. The molecule has 4 N–H and O–H groups in total. The standard InChI is InChI=1S/C18H17N3O5S3/c19-28(23,24)12-13-3-7-15(8-4-13)20-18(22)14-5-9-16(10-6-14)21-29(25,26)17-2-1-11-27-17/h1-11,21H,12H2,(H,20,22)(H2,19,23,24). The molecule has 0 saturated carbocycles. The predicted octanol–water partition coefficient (Wildman–Crippen LogP) is 2.59. The number of nitrogens with one attached hydrogen (secondary N) is 2. The van der Waals surface area contributed by atoms with Crippen molar-refractivity contribution in [3.8, 4) is 0 Å². The van der Waals surface area contributed by atoms with Gasteiger partial charge in [-0.1, -0.05) is 18.2 Å². The van der Waals surface area contributed by atoms with E-state index in [1.807, 2.05) is 0 Å². The first-order chi connectivity index (χ1) is 13.6. The molecule has 1 aromatic heterocycles. The van der Waals surface area contributed by atoms with Crippen molar-refractivity contribution in [1.82, 2.24) is 0 Å². The SMILES string of the molecule is NS(=O)(=O)Cc1ccc(NC(=O)c2ccc(NS(=O)(=O)c3cccs3)cc2)cc1. The van der Waals surface area contributed by atoms with Gasteiger partial charge in [0.2, 0.25) is 10.0 Å². The number of anilines is 2. The first kappa shape index (κ1) is 21.0. The minimum atomic E-state index is -3.65. The lowest BCUT2D eigenvalue weighted by molar-refractivity contribution is 0.102. The van der Waals surface area contributed by atoms with Gasteiger partial charge in [0, 0.05) is 16.9 Å². The summed E-state index contributed by atoms with van der Waals surface area (Å²) in [6.45, 7) is 0. The zero-order valence-corrected chi connectivity index (χ0v) is 17.4. The van der Waals surface area contributed by atoms with E-state index in [2.05, 4.69) is 10.0 Å². The molecule has 3 aromatic rings. The van der Waals surface area contributed by atoms with E-state index < -0.39 is 26.0 Å². The predicted molar refractivity (Wildman–Crippen MR) is 113 cm³/mol. The van der Waals surface area contributed by atoms with Gasteiger partial charge in [-0.15, -0.1) is 11.3 Å². The number of rotatable bonds is 7.